The molecule has 0 spiro atoms. The van der Waals surface area contributed by atoms with E-state index in [0.717, 1.165) is 38.3 Å². The van der Waals surface area contributed by atoms with Crippen LogP contribution in [0.15, 0.2) is 18.2 Å². The first-order valence-electron chi connectivity index (χ1n) is 8.07. The first kappa shape index (κ1) is 18.5. The van der Waals surface area contributed by atoms with E-state index in [-0.39, 0.29) is 11.9 Å². The molecule has 1 amide bonds. The Labute approximate surface area is 148 Å². The van der Waals surface area contributed by atoms with Gasteiger partial charge in [0, 0.05) is 32.7 Å². The Kier molecular flexibility index (Phi) is 6.72. The monoisotopic (exact) mass is 357 g/mol. The van der Waals surface area contributed by atoms with Crippen LogP contribution in [0.4, 0.5) is 0 Å². The van der Waals surface area contributed by atoms with Gasteiger partial charge in [0.15, 0.2) is 0 Å². The highest BCUT2D eigenvalue weighted by Gasteiger charge is 2.26. The molecule has 1 aliphatic heterocycles. The average molecular weight is 358 g/mol. The fourth-order valence-corrected chi connectivity index (χ4v) is 3.12. The topological polar surface area (TPSA) is 26.8 Å². The van der Waals surface area contributed by atoms with E-state index in [0.29, 0.717) is 16.6 Å². The standard InChI is InChI=1S/C17H25Cl2N3O/c1-4-21-7-9-22(10-8-21)17(23)13(2)20(3)12-14-5-6-15(18)16(19)11-14/h5-6,11,13H,4,7-10,12H2,1-3H3. The van der Waals surface area contributed by atoms with Crippen LogP contribution in [0.2, 0.25) is 10.0 Å². The molecule has 0 saturated carbocycles. The molecule has 0 radical (unpaired) electrons. The number of carbonyl (C=O) groups excluding carboxylic acids is 1. The third kappa shape index (κ3) is 4.83. The third-order valence-electron chi connectivity index (χ3n) is 4.57. The Bertz CT molecular complexity index is 545. The molecular weight excluding hydrogens is 333 g/mol. The summed E-state index contributed by atoms with van der Waals surface area (Å²) in [6.45, 7) is 9.40. The molecule has 1 aromatic rings. The molecule has 1 unspecified atom stereocenters. The molecular formula is C17H25Cl2N3O. The van der Waals surface area contributed by atoms with Crippen LogP contribution in [0.25, 0.3) is 0 Å². The van der Waals surface area contributed by atoms with Gasteiger partial charge in [-0.3, -0.25) is 9.69 Å². The van der Waals surface area contributed by atoms with Crippen molar-refractivity contribution in [2.45, 2.75) is 26.4 Å². The summed E-state index contributed by atoms with van der Waals surface area (Å²) in [4.78, 5) is 19.1. The molecule has 1 heterocycles. The van der Waals surface area contributed by atoms with Gasteiger partial charge in [-0.25, -0.2) is 0 Å². The second kappa shape index (κ2) is 8.34. The van der Waals surface area contributed by atoms with Gasteiger partial charge in [-0.2, -0.15) is 0 Å². The van der Waals surface area contributed by atoms with Gasteiger partial charge in [0.1, 0.15) is 0 Å². The summed E-state index contributed by atoms with van der Waals surface area (Å²) in [6, 6.07) is 5.45. The lowest BCUT2D eigenvalue weighted by molar-refractivity contribution is -0.137. The number of likely N-dealkylation sites (N-methyl/N-ethyl adjacent to an activating group) is 2. The van der Waals surface area contributed by atoms with Gasteiger partial charge in [0.25, 0.3) is 0 Å². The number of amides is 1. The summed E-state index contributed by atoms with van der Waals surface area (Å²) in [6.07, 6.45) is 0. The van der Waals surface area contributed by atoms with E-state index in [9.17, 15) is 4.79 Å². The first-order valence-corrected chi connectivity index (χ1v) is 8.83. The largest absolute Gasteiger partial charge is 0.339 e. The van der Waals surface area contributed by atoms with Crippen LogP contribution < -0.4 is 0 Å². The van der Waals surface area contributed by atoms with Crippen molar-refractivity contribution >= 4 is 29.1 Å². The number of benzene rings is 1. The highest BCUT2D eigenvalue weighted by atomic mass is 35.5. The average Bonchev–Trinajstić information content (AvgIpc) is 2.57. The maximum Gasteiger partial charge on any atom is 0.239 e. The minimum Gasteiger partial charge on any atom is -0.339 e. The van der Waals surface area contributed by atoms with Crippen molar-refractivity contribution in [1.29, 1.82) is 0 Å². The maximum absolute atomic E-state index is 12.7. The molecule has 0 bridgehead atoms. The molecule has 0 N–H and O–H groups in total. The number of hydrogen-bond donors (Lipinski definition) is 0. The third-order valence-corrected chi connectivity index (χ3v) is 5.30. The van der Waals surface area contributed by atoms with E-state index in [4.69, 9.17) is 23.2 Å². The number of nitrogens with zero attached hydrogens (tertiary/aromatic N) is 3. The highest BCUT2D eigenvalue weighted by molar-refractivity contribution is 6.42. The molecule has 4 nitrogen and oxygen atoms in total. The highest BCUT2D eigenvalue weighted by Crippen LogP contribution is 2.23. The molecule has 1 aliphatic rings. The summed E-state index contributed by atoms with van der Waals surface area (Å²) >= 11 is 12.0. The lowest BCUT2D eigenvalue weighted by Gasteiger charge is -2.37. The summed E-state index contributed by atoms with van der Waals surface area (Å²) in [5.41, 5.74) is 1.05. The Morgan fingerprint density at radius 3 is 2.43 bits per heavy atom. The summed E-state index contributed by atoms with van der Waals surface area (Å²) in [7, 11) is 1.97. The number of carbonyl (C=O) groups is 1. The van der Waals surface area contributed by atoms with Crippen molar-refractivity contribution in [2.75, 3.05) is 39.8 Å². The Morgan fingerprint density at radius 2 is 1.87 bits per heavy atom. The van der Waals surface area contributed by atoms with Crippen molar-refractivity contribution in [3.05, 3.63) is 33.8 Å². The SMILES string of the molecule is CCN1CCN(C(=O)C(C)N(C)Cc2ccc(Cl)c(Cl)c2)CC1. The zero-order valence-electron chi connectivity index (χ0n) is 14.1. The molecule has 0 aliphatic carbocycles. The fourth-order valence-electron chi connectivity index (χ4n) is 2.80. The van der Waals surface area contributed by atoms with Gasteiger partial charge >= 0.3 is 0 Å². The first-order chi connectivity index (χ1) is 10.9. The van der Waals surface area contributed by atoms with E-state index in [1.54, 1.807) is 6.07 Å². The summed E-state index contributed by atoms with van der Waals surface area (Å²) in [5, 5.41) is 1.10. The lowest BCUT2D eigenvalue weighted by Crippen LogP contribution is -2.53. The quantitative estimate of drug-likeness (QED) is 0.810. The molecule has 1 atom stereocenters. The number of hydrogen-bond acceptors (Lipinski definition) is 3. The van der Waals surface area contributed by atoms with E-state index in [2.05, 4.69) is 11.8 Å². The molecule has 2 rings (SSSR count). The van der Waals surface area contributed by atoms with Crippen LogP contribution in [-0.2, 0) is 11.3 Å². The van der Waals surface area contributed by atoms with Crippen LogP contribution >= 0.6 is 23.2 Å². The fraction of sp³-hybridized carbons (Fsp3) is 0.588. The van der Waals surface area contributed by atoms with Crippen LogP contribution in [0.3, 0.4) is 0 Å². The van der Waals surface area contributed by atoms with Gasteiger partial charge in [-0.15, -0.1) is 0 Å². The van der Waals surface area contributed by atoms with Crippen molar-refractivity contribution in [3.63, 3.8) is 0 Å². The zero-order valence-corrected chi connectivity index (χ0v) is 15.6. The van der Waals surface area contributed by atoms with E-state index < -0.39 is 0 Å². The minimum absolute atomic E-state index is 0.155. The summed E-state index contributed by atoms with van der Waals surface area (Å²) < 4.78 is 0. The van der Waals surface area contributed by atoms with Crippen LogP contribution in [0.5, 0.6) is 0 Å². The van der Waals surface area contributed by atoms with Crippen LogP contribution in [0.1, 0.15) is 19.4 Å². The number of piperazine rings is 1. The van der Waals surface area contributed by atoms with Crippen molar-refractivity contribution < 1.29 is 4.79 Å². The smallest absolute Gasteiger partial charge is 0.239 e. The van der Waals surface area contributed by atoms with Crippen molar-refractivity contribution in [2.24, 2.45) is 0 Å². The molecule has 6 heteroatoms. The molecule has 0 aromatic heterocycles. The number of rotatable bonds is 5. The van der Waals surface area contributed by atoms with E-state index >= 15 is 0 Å². The second-order valence-corrected chi connectivity index (χ2v) is 6.91. The Balaban J connectivity index is 1.92. The molecule has 1 aromatic carbocycles. The van der Waals surface area contributed by atoms with E-state index in [1.807, 2.05) is 35.9 Å². The Morgan fingerprint density at radius 1 is 1.22 bits per heavy atom. The zero-order chi connectivity index (χ0) is 17.0. The molecule has 128 valence electrons. The van der Waals surface area contributed by atoms with E-state index in [1.165, 1.54) is 0 Å². The van der Waals surface area contributed by atoms with Gasteiger partial charge in [0.05, 0.1) is 16.1 Å². The normalized spacial score (nSPS) is 17.6. The molecule has 1 fully saturated rings. The Hall–Kier alpha value is -0.810. The van der Waals surface area contributed by atoms with Crippen LogP contribution in [0, 0.1) is 0 Å². The van der Waals surface area contributed by atoms with Gasteiger partial charge in [-0.1, -0.05) is 36.2 Å². The van der Waals surface area contributed by atoms with Gasteiger partial charge < -0.3 is 9.80 Å². The van der Waals surface area contributed by atoms with Gasteiger partial charge in [0.2, 0.25) is 5.91 Å². The number of halogens is 2. The summed E-state index contributed by atoms with van der Waals surface area (Å²) in [5.74, 6) is 0.198. The molecule has 1 saturated heterocycles. The second-order valence-electron chi connectivity index (χ2n) is 6.10. The van der Waals surface area contributed by atoms with Gasteiger partial charge in [-0.05, 0) is 38.2 Å². The van der Waals surface area contributed by atoms with Crippen LogP contribution in [-0.4, -0.2) is 66.4 Å². The predicted molar refractivity (Wildman–Crippen MR) is 96.1 cm³/mol. The molecule has 23 heavy (non-hydrogen) atoms. The predicted octanol–water partition coefficient (Wildman–Crippen LogP) is 2.98. The van der Waals surface area contributed by atoms with Crippen molar-refractivity contribution in [1.82, 2.24) is 14.7 Å². The minimum atomic E-state index is -0.155. The lowest BCUT2D eigenvalue weighted by atomic mass is 10.1. The van der Waals surface area contributed by atoms with Crippen molar-refractivity contribution in [3.8, 4) is 0 Å². The maximum atomic E-state index is 12.7.